The van der Waals surface area contributed by atoms with Crippen LogP contribution in [0.3, 0.4) is 0 Å². The van der Waals surface area contributed by atoms with E-state index in [1.807, 2.05) is 0 Å². The number of nitrogens with zero attached hydrogens (tertiary/aromatic N) is 2. The van der Waals surface area contributed by atoms with Crippen molar-refractivity contribution in [2.45, 2.75) is 0 Å². The van der Waals surface area contributed by atoms with Gasteiger partial charge in [-0.1, -0.05) is 109 Å². The van der Waals surface area contributed by atoms with E-state index < -0.39 is 0 Å². The molecule has 0 atom stereocenters. The summed E-state index contributed by atoms with van der Waals surface area (Å²) in [5.74, 6) is 1.75. The Morgan fingerprint density at radius 1 is 0.306 bits per heavy atom. The number of hydrogen-bond donors (Lipinski definition) is 0. The van der Waals surface area contributed by atoms with Gasteiger partial charge in [0, 0.05) is 45.1 Å². The third kappa shape index (κ3) is 5.18. The first-order valence-corrected chi connectivity index (χ1v) is 16.6. The molecule has 1 heterocycles. The smallest absolute Gasteiger partial charge is 0.135 e. The molecule has 0 aliphatic carbocycles. The molecular formula is C46H32N2O. The first-order valence-electron chi connectivity index (χ1n) is 16.6. The molecule has 8 aromatic carbocycles. The van der Waals surface area contributed by atoms with E-state index in [0.29, 0.717) is 0 Å². The summed E-state index contributed by atoms with van der Waals surface area (Å²) in [4.78, 5) is 4.58. The number of rotatable bonds is 7. The molecule has 8 aromatic rings. The third-order valence-electron chi connectivity index (χ3n) is 9.23. The van der Waals surface area contributed by atoms with E-state index in [0.717, 1.165) is 62.1 Å². The van der Waals surface area contributed by atoms with Gasteiger partial charge in [0.25, 0.3) is 0 Å². The maximum absolute atomic E-state index is 6.61. The van der Waals surface area contributed by atoms with E-state index in [2.05, 4.69) is 204 Å². The summed E-state index contributed by atoms with van der Waals surface area (Å²) in [6.45, 7) is 0. The van der Waals surface area contributed by atoms with Crippen LogP contribution >= 0.6 is 0 Å². The fourth-order valence-electron chi connectivity index (χ4n) is 7.00. The molecule has 0 amide bonds. The SMILES string of the molecule is c1ccc(N(c2ccccc2)c2ccc(-c3ccc4c5c(cccc35)-c3cc(N(c5ccccc5)c5ccccc5)ccc3O4)cc2)cc1. The second-order valence-electron chi connectivity index (χ2n) is 12.2. The zero-order valence-electron chi connectivity index (χ0n) is 26.8. The van der Waals surface area contributed by atoms with Crippen molar-refractivity contribution in [3.8, 4) is 33.8 Å². The fraction of sp³-hybridized carbons (Fsp3) is 0. The van der Waals surface area contributed by atoms with Crippen molar-refractivity contribution in [2.75, 3.05) is 9.80 Å². The van der Waals surface area contributed by atoms with Gasteiger partial charge in [0.05, 0.1) is 0 Å². The highest BCUT2D eigenvalue weighted by Gasteiger charge is 2.24. The largest absolute Gasteiger partial charge is 0.456 e. The minimum absolute atomic E-state index is 0.865. The summed E-state index contributed by atoms with van der Waals surface area (Å²) in [6.07, 6.45) is 0. The van der Waals surface area contributed by atoms with E-state index in [1.165, 1.54) is 16.5 Å². The molecule has 9 rings (SSSR count). The standard InChI is InChI=1S/C46H32N2O/c1-5-14-34(15-6-1)47(35-16-7-2-8-17-35)38-26-24-33(25-27-38)40-29-31-45-46-41(40)22-13-23-42(46)43-32-39(28-30-44(43)49-45)48(36-18-9-3-10-19-36)37-20-11-4-12-21-37/h1-32H. The maximum Gasteiger partial charge on any atom is 0.135 e. The average Bonchev–Trinajstić information content (AvgIpc) is 3.18. The normalized spacial score (nSPS) is 11.4. The summed E-state index contributed by atoms with van der Waals surface area (Å²) >= 11 is 0. The van der Waals surface area contributed by atoms with Crippen molar-refractivity contribution in [3.63, 3.8) is 0 Å². The van der Waals surface area contributed by atoms with E-state index in [9.17, 15) is 0 Å². The first kappa shape index (κ1) is 28.6. The van der Waals surface area contributed by atoms with Gasteiger partial charge in [-0.05, 0) is 107 Å². The Hall–Kier alpha value is -6.58. The van der Waals surface area contributed by atoms with Crippen molar-refractivity contribution in [3.05, 3.63) is 194 Å². The van der Waals surface area contributed by atoms with Gasteiger partial charge in [0.1, 0.15) is 11.5 Å². The predicted octanol–water partition coefficient (Wildman–Crippen LogP) is 13.2. The molecule has 0 N–H and O–H groups in total. The monoisotopic (exact) mass is 628 g/mol. The Morgan fingerprint density at radius 2 is 0.776 bits per heavy atom. The van der Waals surface area contributed by atoms with Crippen molar-refractivity contribution >= 4 is 44.9 Å². The molecule has 1 aliphatic heterocycles. The summed E-state index contributed by atoms with van der Waals surface area (Å²) in [6, 6.07) is 68.4. The number of anilines is 6. The molecule has 0 spiro atoms. The highest BCUT2D eigenvalue weighted by molar-refractivity contribution is 6.10. The number of hydrogen-bond acceptors (Lipinski definition) is 3. The zero-order chi connectivity index (χ0) is 32.6. The predicted molar refractivity (Wildman–Crippen MR) is 204 cm³/mol. The van der Waals surface area contributed by atoms with Crippen LogP contribution in [0.25, 0.3) is 33.0 Å². The van der Waals surface area contributed by atoms with Crippen LogP contribution in [0.5, 0.6) is 11.5 Å². The van der Waals surface area contributed by atoms with E-state index in [1.54, 1.807) is 0 Å². The van der Waals surface area contributed by atoms with Crippen LogP contribution in [0.15, 0.2) is 194 Å². The lowest BCUT2D eigenvalue weighted by Gasteiger charge is -2.28. The molecule has 49 heavy (non-hydrogen) atoms. The molecule has 232 valence electrons. The number of ether oxygens (including phenoxy) is 1. The van der Waals surface area contributed by atoms with Gasteiger partial charge in [-0.3, -0.25) is 0 Å². The van der Waals surface area contributed by atoms with Crippen LogP contribution in [0.1, 0.15) is 0 Å². The van der Waals surface area contributed by atoms with Gasteiger partial charge in [-0.25, -0.2) is 0 Å². The molecule has 0 saturated carbocycles. The van der Waals surface area contributed by atoms with Crippen molar-refractivity contribution in [1.82, 2.24) is 0 Å². The molecular weight excluding hydrogens is 597 g/mol. The Bertz CT molecular complexity index is 2310. The molecule has 0 bridgehead atoms. The Kier molecular flexibility index (Phi) is 7.14. The van der Waals surface area contributed by atoms with Crippen molar-refractivity contribution in [1.29, 1.82) is 0 Å². The fourth-order valence-corrected chi connectivity index (χ4v) is 7.00. The van der Waals surface area contributed by atoms with Crippen LogP contribution in [0.4, 0.5) is 34.1 Å². The van der Waals surface area contributed by atoms with Gasteiger partial charge >= 0.3 is 0 Å². The van der Waals surface area contributed by atoms with Crippen molar-refractivity contribution < 1.29 is 4.74 Å². The summed E-state index contributed by atoms with van der Waals surface area (Å²) in [5.41, 5.74) is 11.2. The summed E-state index contributed by atoms with van der Waals surface area (Å²) in [7, 11) is 0. The topological polar surface area (TPSA) is 15.7 Å². The second-order valence-corrected chi connectivity index (χ2v) is 12.2. The van der Waals surface area contributed by atoms with Crippen LogP contribution < -0.4 is 14.5 Å². The lowest BCUT2D eigenvalue weighted by Crippen LogP contribution is -2.10. The molecule has 3 heteroatoms. The Balaban J connectivity index is 1.13. The summed E-state index contributed by atoms with van der Waals surface area (Å²) in [5, 5.41) is 2.31. The van der Waals surface area contributed by atoms with Gasteiger partial charge < -0.3 is 14.5 Å². The Morgan fingerprint density at radius 3 is 1.33 bits per heavy atom. The van der Waals surface area contributed by atoms with Crippen LogP contribution in [-0.4, -0.2) is 0 Å². The first-order chi connectivity index (χ1) is 24.3. The molecule has 0 fully saturated rings. The van der Waals surface area contributed by atoms with Crippen molar-refractivity contribution in [2.24, 2.45) is 0 Å². The number of benzene rings is 8. The quantitative estimate of drug-likeness (QED) is 0.175. The zero-order valence-corrected chi connectivity index (χ0v) is 26.8. The third-order valence-corrected chi connectivity index (χ3v) is 9.23. The van der Waals surface area contributed by atoms with Crippen LogP contribution in [-0.2, 0) is 0 Å². The van der Waals surface area contributed by atoms with Gasteiger partial charge in [0.2, 0.25) is 0 Å². The molecule has 0 aromatic heterocycles. The van der Waals surface area contributed by atoms with Crippen LogP contribution in [0.2, 0.25) is 0 Å². The maximum atomic E-state index is 6.61. The second kappa shape index (κ2) is 12.2. The molecule has 1 aliphatic rings. The average molecular weight is 629 g/mol. The van der Waals surface area contributed by atoms with E-state index in [4.69, 9.17) is 4.74 Å². The minimum atomic E-state index is 0.865. The van der Waals surface area contributed by atoms with Gasteiger partial charge in [-0.2, -0.15) is 0 Å². The van der Waals surface area contributed by atoms with Crippen LogP contribution in [0, 0.1) is 0 Å². The number of fused-ring (bicyclic) bond motifs is 2. The Labute approximate surface area is 286 Å². The molecule has 0 saturated heterocycles. The molecule has 0 radical (unpaired) electrons. The van der Waals surface area contributed by atoms with Gasteiger partial charge in [0.15, 0.2) is 0 Å². The highest BCUT2D eigenvalue weighted by Crippen LogP contribution is 2.50. The van der Waals surface area contributed by atoms with Gasteiger partial charge in [-0.15, -0.1) is 0 Å². The van der Waals surface area contributed by atoms with E-state index >= 15 is 0 Å². The highest BCUT2D eigenvalue weighted by atomic mass is 16.5. The minimum Gasteiger partial charge on any atom is -0.456 e. The lowest BCUT2D eigenvalue weighted by molar-refractivity contribution is 0.487. The molecule has 3 nitrogen and oxygen atoms in total. The van der Waals surface area contributed by atoms with E-state index in [-0.39, 0.29) is 0 Å². The summed E-state index contributed by atoms with van der Waals surface area (Å²) < 4.78 is 6.61. The molecule has 0 unspecified atom stereocenters. The lowest BCUT2D eigenvalue weighted by atomic mass is 9.90. The number of para-hydroxylation sites is 4.